The molecule has 0 bridgehead atoms. The Kier molecular flexibility index (Phi) is 7.29. The maximum atomic E-state index is 13.2. The van der Waals surface area contributed by atoms with E-state index in [0.717, 1.165) is 33.1 Å². The summed E-state index contributed by atoms with van der Waals surface area (Å²) in [5.74, 6) is -1.74. The number of aromatic nitrogens is 1. The minimum Gasteiger partial charge on any atom is -0.337 e. The van der Waals surface area contributed by atoms with Crippen LogP contribution in [-0.2, 0) is 20.9 Å². The molecule has 0 unspecified atom stereocenters. The molecule has 196 valence electrons. The lowest BCUT2D eigenvalue weighted by atomic mass is 10.1. The summed E-state index contributed by atoms with van der Waals surface area (Å²) in [5, 5.41) is 5.72. The third-order valence-electron chi connectivity index (χ3n) is 6.14. The molecular weight excluding hydrogens is 519 g/mol. The SMILES string of the molecule is Cc1ccccc1NC(=O)CN1C(=O)S/C(=C\c2cn(CC(=O)Nc3ccc(F)cc3)c3ccccc23)C1=O. The fraction of sp³-hybridized carbons (Fsp3) is 0.103. The zero-order valence-corrected chi connectivity index (χ0v) is 21.6. The number of imide groups is 1. The van der Waals surface area contributed by atoms with Crippen LogP contribution in [0.1, 0.15) is 11.1 Å². The summed E-state index contributed by atoms with van der Waals surface area (Å²) >= 11 is 0.762. The molecule has 1 aliphatic rings. The summed E-state index contributed by atoms with van der Waals surface area (Å²) in [5.41, 5.74) is 3.35. The molecule has 3 aromatic carbocycles. The molecule has 5 rings (SSSR count). The standard InChI is InChI=1S/C29H23FN4O4S/c1-18-6-2-4-8-23(18)32-27(36)17-34-28(37)25(39-29(34)38)14-19-15-33(24-9-5-3-7-22(19)24)16-26(35)31-21-12-10-20(30)11-13-21/h2-15H,16-17H2,1H3,(H,31,35)(H,32,36)/b25-14-. The fourth-order valence-electron chi connectivity index (χ4n) is 4.23. The Morgan fingerprint density at radius 2 is 1.59 bits per heavy atom. The molecule has 1 aliphatic heterocycles. The van der Waals surface area contributed by atoms with Crippen LogP contribution in [0, 0.1) is 12.7 Å². The molecule has 2 N–H and O–H groups in total. The molecule has 4 aromatic rings. The van der Waals surface area contributed by atoms with Crippen LogP contribution in [0.2, 0.25) is 0 Å². The Balaban J connectivity index is 1.33. The fourth-order valence-corrected chi connectivity index (χ4v) is 5.06. The molecule has 2 heterocycles. The van der Waals surface area contributed by atoms with Gasteiger partial charge in [-0.3, -0.25) is 24.1 Å². The number of carbonyl (C=O) groups excluding carboxylic acids is 4. The van der Waals surface area contributed by atoms with Gasteiger partial charge in [-0.25, -0.2) is 4.39 Å². The number of halogens is 1. The number of hydrogen-bond acceptors (Lipinski definition) is 5. The van der Waals surface area contributed by atoms with E-state index in [1.54, 1.807) is 29.0 Å². The Morgan fingerprint density at radius 3 is 2.36 bits per heavy atom. The number of carbonyl (C=O) groups is 4. The zero-order chi connectivity index (χ0) is 27.5. The molecule has 0 spiro atoms. The smallest absolute Gasteiger partial charge is 0.294 e. The van der Waals surface area contributed by atoms with Gasteiger partial charge < -0.3 is 15.2 Å². The quantitative estimate of drug-likeness (QED) is 0.305. The van der Waals surface area contributed by atoms with Crippen molar-refractivity contribution in [2.45, 2.75) is 13.5 Å². The van der Waals surface area contributed by atoms with Gasteiger partial charge in [-0.2, -0.15) is 0 Å². The number of nitrogens with one attached hydrogen (secondary N) is 2. The van der Waals surface area contributed by atoms with Gasteiger partial charge >= 0.3 is 0 Å². The topological polar surface area (TPSA) is 101 Å². The molecule has 1 saturated heterocycles. The van der Waals surface area contributed by atoms with E-state index in [9.17, 15) is 23.6 Å². The molecule has 1 aromatic heterocycles. The molecule has 0 radical (unpaired) electrons. The number of rotatable bonds is 7. The van der Waals surface area contributed by atoms with Crippen LogP contribution in [0.3, 0.4) is 0 Å². The zero-order valence-electron chi connectivity index (χ0n) is 20.8. The summed E-state index contributed by atoms with van der Waals surface area (Å²) in [6.07, 6.45) is 3.33. The van der Waals surface area contributed by atoms with E-state index in [1.807, 2.05) is 43.3 Å². The van der Waals surface area contributed by atoms with E-state index in [2.05, 4.69) is 10.6 Å². The second kappa shape index (κ2) is 11.0. The summed E-state index contributed by atoms with van der Waals surface area (Å²) in [4.78, 5) is 52.0. The van der Waals surface area contributed by atoms with Crippen LogP contribution in [-0.4, -0.2) is 39.0 Å². The van der Waals surface area contributed by atoms with Crippen LogP contribution in [0.4, 0.5) is 20.6 Å². The Hall–Kier alpha value is -4.70. The van der Waals surface area contributed by atoms with Crippen molar-refractivity contribution in [2.24, 2.45) is 0 Å². The Labute approximate surface area is 227 Å². The van der Waals surface area contributed by atoms with E-state index in [0.29, 0.717) is 16.9 Å². The molecule has 0 aliphatic carbocycles. The monoisotopic (exact) mass is 542 g/mol. The number of thioether (sulfide) groups is 1. The predicted molar refractivity (Wildman–Crippen MR) is 149 cm³/mol. The highest BCUT2D eigenvalue weighted by Crippen LogP contribution is 2.34. The van der Waals surface area contributed by atoms with Crippen molar-refractivity contribution in [3.05, 3.63) is 101 Å². The van der Waals surface area contributed by atoms with Crippen molar-refractivity contribution in [3.8, 4) is 0 Å². The Bertz CT molecular complexity index is 1640. The molecule has 1 fully saturated rings. The predicted octanol–water partition coefficient (Wildman–Crippen LogP) is 5.40. The van der Waals surface area contributed by atoms with E-state index < -0.39 is 29.4 Å². The summed E-state index contributed by atoms with van der Waals surface area (Å²) in [6.45, 7) is 1.43. The lowest BCUT2D eigenvalue weighted by molar-refractivity contribution is -0.127. The van der Waals surface area contributed by atoms with E-state index in [-0.39, 0.29) is 17.4 Å². The minimum absolute atomic E-state index is 0.0215. The lowest BCUT2D eigenvalue weighted by Crippen LogP contribution is -2.36. The van der Waals surface area contributed by atoms with Crippen LogP contribution in [0.25, 0.3) is 17.0 Å². The number of nitrogens with zero attached hydrogens (tertiary/aromatic N) is 2. The largest absolute Gasteiger partial charge is 0.337 e. The van der Waals surface area contributed by atoms with Crippen molar-refractivity contribution in [1.29, 1.82) is 0 Å². The summed E-state index contributed by atoms with van der Waals surface area (Å²) in [6, 6.07) is 20.1. The van der Waals surface area contributed by atoms with Gasteiger partial charge in [0.1, 0.15) is 18.9 Å². The maximum absolute atomic E-state index is 13.2. The first kappa shape index (κ1) is 25.9. The normalized spacial score (nSPS) is 14.3. The van der Waals surface area contributed by atoms with Crippen molar-refractivity contribution in [3.63, 3.8) is 0 Å². The first-order valence-corrected chi connectivity index (χ1v) is 12.8. The second-order valence-electron chi connectivity index (χ2n) is 8.92. The van der Waals surface area contributed by atoms with E-state index in [4.69, 9.17) is 0 Å². The first-order valence-electron chi connectivity index (χ1n) is 12.0. The van der Waals surface area contributed by atoms with Crippen molar-refractivity contribution < 1.29 is 23.6 Å². The van der Waals surface area contributed by atoms with Gasteiger partial charge in [0.15, 0.2) is 0 Å². The number of fused-ring (bicyclic) bond motifs is 1. The van der Waals surface area contributed by atoms with Gasteiger partial charge in [0, 0.05) is 34.0 Å². The highest BCUT2D eigenvalue weighted by molar-refractivity contribution is 8.18. The third-order valence-corrected chi connectivity index (χ3v) is 7.05. The molecular formula is C29H23FN4O4S. The molecule has 0 atom stereocenters. The van der Waals surface area contributed by atoms with Crippen LogP contribution in [0.15, 0.2) is 83.9 Å². The second-order valence-corrected chi connectivity index (χ2v) is 9.91. The highest BCUT2D eigenvalue weighted by Gasteiger charge is 2.36. The third kappa shape index (κ3) is 5.75. The van der Waals surface area contributed by atoms with Crippen LogP contribution >= 0.6 is 11.8 Å². The van der Waals surface area contributed by atoms with Crippen LogP contribution < -0.4 is 10.6 Å². The summed E-state index contributed by atoms with van der Waals surface area (Å²) in [7, 11) is 0. The van der Waals surface area contributed by atoms with Crippen molar-refractivity contribution in [2.75, 3.05) is 17.2 Å². The molecule has 8 nitrogen and oxygen atoms in total. The number of para-hydroxylation sites is 2. The van der Waals surface area contributed by atoms with Crippen LogP contribution in [0.5, 0.6) is 0 Å². The molecule has 39 heavy (non-hydrogen) atoms. The molecule has 10 heteroatoms. The average molecular weight is 543 g/mol. The van der Waals surface area contributed by atoms with E-state index in [1.165, 1.54) is 24.3 Å². The van der Waals surface area contributed by atoms with Gasteiger partial charge in [-0.15, -0.1) is 0 Å². The minimum atomic E-state index is -0.559. The van der Waals surface area contributed by atoms with Gasteiger partial charge in [-0.1, -0.05) is 36.4 Å². The first-order chi connectivity index (χ1) is 18.8. The summed E-state index contributed by atoms with van der Waals surface area (Å²) < 4.78 is 14.9. The van der Waals surface area contributed by atoms with Gasteiger partial charge in [-0.05, 0) is 66.7 Å². The number of amides is 4. The highest BCUT2D eigenvalue weighted by atomic mass is 32.2. The number of hydrogen-bond donors (Lipinski definition) is 2. The molecule has 4 amide bonds. The van der Waals surface area contributed by atoms with Gasteiger partial charge in [0.25, 0.3) is 11.1 Å². The van der Waals surface area contributed by atoms with Gasteiger partial charge in [0.05, 0.1) is 4.91 Å². The van der Waals surface area contributed by atoms with E-state index >= 15 is 0 Å². The number of anilines is 2. The lowest BCUT2D eigenvalue weighted by Gasteiger charge is -2.13. The van der Waals surface area contributed by atoms with Gasteiger partial charge in [0.2, 0.25) is 11.8 Å². The average Bonchev–Trinajstić information content (AvgIpc) is 3.38. The Morgan fingerprint density at radius 1 is 0.897 bits per heavy atom. The van der Waals surface area contributed by atoms with Crippen molar-refractivity contribution in [1.82, 2.24) is 9.47 Å². The maximum Gasteiger partial charge on any atom is 0.294 e. The number of benzene rings is 3. The number of aryl methyl sites for hydroxylation is 1. The molecule has 0 saturated carbocycles. The van der Waals surface area contributed by atoms with Crippen molar-refractivity contribution >= 4 is 63.1 Å².